The Hall–Kier alpha value is -3.73. The summed E-state index contributed by atoms with van der Waals surface area (Å²) < 4.78 is 2.58. The van der Waals surface area contributed by atoms with Crippen LogP contribution >= 0.6 is 11.3 Å². The maximum atomic E-state index is 4.72. The van der Waals surface area contributed by atoms with E-state index in [1.165, 1.54) is 42.0 Å². The number of rotatable bonds is 5. The third-order valence-corrected chi connectivity index (χ3v) is 11.3. The molecule has 47 heavy (non-hydrogen) atoms. The number of benzene rings is 4. The number of aromatic nitrogens is 2. The Labute approximate surface area is 298 Å². The molecule has 3 aromatic heterocycles. The molecular formula is C42H40IrN2SSi-2. The molecule has 3 heterocycles. The largest absolute Gasteiger partial charge is 0.305 e. The number of pyridine rings is 2. The van der Waals surface area contributed by atoms with Crippen LogP contribution in [0.3, 0.4) is 0 Å². The van der Waals surface area contributed by atoms with Crippen LogP contribution in [0, 0.1) is 17.5 Å². The third kappa shape index (κ3) is 8.23. The molecule has 4 aromatic carbocycles. The zero-order valence-electron chi connectivity index (χ0n) is 27.9. The minimum atomic E-state index is -1.23. The van der Waals surface area contributed by atoms with E-state index in [2.05, 4.69) is 136 Å². The van der Waals surface area contributed by atoms with Crippen molar-refractivity contribution in [3.63, 3.8) is 0 Å². The number of hydrogen-bond donors (Lipinski definition) is 0. The summed E-state index contributed by atoms with van der Waals surface area (Å²) in [5.41, 5.74) is 8.28. The van der Waals surface area contributed by atoms with E-state index < -0.39 is 8.07 Å². The normalized spacial score (nSPS) is 11.5. The van der Waals surface area contributed by atoms with Gasteiger partial charge in [0, 0.05) is 37.2 Å². The van der Waals surface area contributed by atoms with Crippen LogP contribution in [-0.4, -0.2) is 18.0 Å². The molecule has 0 aliphatic heterocycles. The second-order valence-corrected chi connectivity index (χ2v) is 20.1. The molecule has 0 N–H and O–H groups in total. The maximum absolute atomic E-state index is 4.72. The van der Waals surface area contributed by atoms with Gasteiger partial charge in [-0.3, -0.25) is 0 Å². The van der Waals surface area contributed by atoms with E-state index in [1.807, 2.05) is 54.1 Å². The van der Waals surface area contributed by atoms with Gasteiger partial charge in [0.25, 0.3) is 0 Å². The molecule has 0 amide bonds. The average molecular weight is 825 g/mol. The van der Waals surface area contributed by atoms with Gasteiger partial charge in [0.2, 0.25) is 0 Å². The number of nitrogens with zero attached hydrogens (tertiary/aromatic N) is 2. The number of hydrogen-bond acceptors (Lipinski definition) is 3. The zero-order valence-corrected chi connectivity index (χ0v) is 32.1. The van der Waals surface area contributed by atoms with Crippen LogP contribution in [-0.2, 0) is 26.5 Å². The van der Waals surface area contributed by atoms with Crippen LogP contribution in [0.2, 0.25) is 19.6 Å². The maximum Gasteiger partial charge on any atom is 0.0795 e. The van der Waals surface area contributed by atoms with Crippen molar-refractivity contribution in [2.24, 2.45) is 5.41 Å². The molecule has 0 saturated carbocycles. The van der Waals surface area contributed by atoms with Crippen LogP contribution < -0.4 is 5.19 Å². The molecule has 2 nitrogen and oxygen atoms in total. The Bertz CT molecular complexity index is 2070. The van der Waals surface area contributed by atoms with Crippen LogP contribution in [0.5, 0.6) is 0 Å². The van der Waals surface area contributed by atoms with Crippen molar-refractivity contribution in [1.82, 2.24) is 9.97 Å². The van der Waals surface area contributed by atoms with E-state index in [-0.39, 0.29) is 25.5 Å². The molecule has 239 valence electrons. The van der Waals surface area contributed by atoms with Gasteiger partial charge in [-0.25, -0.2) is 0 Å². The zero-order chi connectivity index (χ0) is 32.3. The molecule has 0 saturated heterocycles. The van der Waals surface area contributed by atoms with Gasteiger partial charge in [-0.2, -0.15) is 11.3 Å². The fraction of sp³-hybridized carbons (Fsp3) is 0.190. The minimum Gasteiger partial charge on any atom is -0.305 e. The molecular weight excluding hydrogens is 785 g/mol. The molecule has 0 atom stereocenters. The molecule has 0 fully saturated rings. The van der Waals surface area contributed by atoms with Gasteiger partial charge >= 0.3 is 0 Å². The Morgan fingerprint density at radius 3 is 2.15 bits per heavy atom. The van der Waals surface area contributed by atoms with Gasteiger partial charge in [-0.15, -0.1) is 59.7 Å². The van der Waals surface area contributed by atoms with Crippen molar-refractivity contribution in [1.29, 1.82) is 0 Å². The predicted molar refractivity (Wildman–Crippen MR) is 201 cm³/mol. The Kier molecular flexibility index (Phi) is 10.7. The molecule has 0 unspecified atom stereocenters. The summed E-state index contributed by atoms with van der Waals surface area (Å²) in [6, 6.07) is 44.8. The molecule has 0 spiro atoms. The number of thiophene rings is 1. The molecule has 7 aromatic rings. The predicted octanol–water partition coefficient (Wildman–Crippen LogP) is 11.3. The van der Waals surface area contributed by atoms with Crippen LogP contribution in [0.1, 0.15) is 26.3 Å². The van der Waals surface area contributed by atoms with E-state index >= 15 is 0 Å². The summed E-state index contributed by atoms with van der Waals surface area (Å²) in [6.45, 7) is 13.8. The molecule has 0 bridgehead atoms. The quantitative estimate of drug-likeness (QED) is 0.128. The second kappa shape index (κ2) is 14.6. The van der Waals surface area contributed by atoms with Crippen molar-refractivity contribution >= 4 is 44.8 Å². The fourth-order valence-corrected chi connectivity index (χ4v) is 8.06. The van der Waals surface area contributed by atoms with E-state index in [9.17, 15) is 0 Å². The van der Waals surface area contributed by atoms with Crippen molar-refractivity contribution in [2.75, 3.05) is 0 Å². The Balaban J connectivity index is 0.000000217. The molecule has 1 radical (unpaired) electrons. The van der Waals surface area contributed by atoms with Gasteiger partial charge in [-0.1, -0.05) is 118 Å². The van der Waals surface area contributed by atoms with Crippen molar-refractivity contribution in [3.8, 4) is 33.6 Å². The third-order valence-electron chi connectivity index (χ3n) is 7.97. The van der Waals surface area contributed by atoms with E-state index in [1.54, 1.807) is 0 Å². The molecule has 0 aliphatic carbocycles. The van der Waals surface area contributed by atoms with Gasteiger partial charge in [0.05, 0.1) is 8.07 Å². The van der Waals surface area contributed by atoms with E-state index in [4.69, 9.17) is 4.98 Å². The summed E-state index contributed by atoms with van der Waals surface area (Å²) in [5, 5.41) is 3.98. The summed E-state index contributed by atoms with van der Waals surface area (Å²) in [6.07, 6.45) is 4.98. The van der Waals surface area contributed by atoms with E-state index in [0.29, 0.717) is 0 Å². The van der Waals surface area contributed by atoms with Crippen LogP contribution in [0.4, 0.5) is 0 Å². The van der Waals surface area contributed by atoms with Gasteiger partial charge in [0.15, 0.2) is 0 Å². The molecule has 0 aliphatic rings. The summed E-state index contributed by atoms with van der Waals surface area (Å²) in [5.74, 6) is 0. The van der Waals surface area contributed by atoms with Gasteiger partial charge in [0.1, 0.15) is 0 Å². The second-order valence-electron chi connectivity index (χ2n) is 14.0. The van der Waals surface area contributed by atoms with Crippen molar-refractivity contribution < 1.29 is 20.1 Å². The standard InChI is InChI=1S/C28H24NS.C14H16NSi.Ir/c1-28(2,3)18-19-15-16-29-25(17-19)24-14-8-13-23-22-12-7-11-21(26(22)30-27(23)24)20-9-5-4-6-10-20;1-16(2,3)13-9-10-14(15-11-13)12-7-5-4-6-8-12;/h4-13,15-17H,18H2,1-3H3;4-7,9-11H,1-3H3;/q2*-1;. The Morgan fingerprint density at radius 1 is 0.702 bits per heavy atom. The molecule has 7 rings (SSSR count). The van der Waals surface area contributed by atoms with Crippen molar-refractivity contribution in [3.05, 3.63) is 139 Å². The first kappa shape index (κ1) is 34.6. The Morgan fingerprint density at radius 2 is 1.47 bits per heavy atom. The summed E-state index contributed by atoms with van der Waals surface area (Å²) in [7, 11) is -1.23. The first-order valence-corrected chi connectivity index (χ1v) is 20.2. The van der Waals surface area contributed by atoms with Crippen molar-refractivity contribution in [2.45, 2.75) is 46.8 Å². The molecule has 5 heteroatoms. The van der Waals surface area contributed by atoms with Crippen LogP contribution in [0.25, 0.3) is 53.8 Å². The first-order chi connectivity index (χ1) is 22.1. The van der Waals surface area contributed by atoms with Gasteiger partial charge in [-0.05, 0) is 55.7 Å². The summed E-state index contributed by atoms with van der Waals surface area (Å²) >= 11 is 1.85. The van der Waals surface area contributed by atoms with E-state index in [0.717, 1.165) is 28.9 Å². The summed E-state index contributed by atoms with van der Waals surface area (Å²) in [4.78, 5) is 9.23. The SMILES string of the molecule is CC(C)(C)Cc1ccnc(-c2[c-]ccc3c2sc2c(-c4ccccc4)cccc23)c1.C[Si](C)(C)c1ccc(-c2[c-]cccc2)nc1.[Ir]. The van der Waals surface area contributed by atoms with Gasteiger partial charge < -0.3 is 9.97 Å². The first-order valence-electron chi connectivity index (χ1n) is 15.9. The minimum absolute atomic E-state index is 0. The fourth-order valence-electron chi connectivity index (χ4n) is 5.68. The smallest absolute Gasteiger partial charge is 0.0795 e. The van der Waals surface area contributed by atoms with Crippen LogP contribution in [0.15, 0.2) is 122 Å². The average Bonchev–Trinajstić information content (AvgIpc) is 3.44. The monoisotopic (exact) mass is 825 g/mol. The number of fused-ring (bicyclic) bond motifs is 3. The topological polar surface area (TPSA) is 25.8 Å².